The molecule has 1 saturated carbocycles. The molecule has 0 spiro atoms. The van der Waals surface area contributed by atoms with Crippen molar-refractivity contribution in [2.45, 2.75) is 51.2 Å². The largest absolute Gasteiger partial charge is 0.371 e. The molecule has 1 aliphatic rings. The molecule has 4 heteroatoms. The van der Waals surface area contributed by atoms with Crippen molar-refractivity contribution >= 4 is 0 Å². The van der Waals surface area contributed by atoms with Gasteiger partial charge < -0.3 is 9.26 Å². The Morgan fingerprint density at radius 1 is 1.25 bits per heavy atom. The molecule has 1 aliphatic carbocycles. The lowest BCUT2D eigenvalue weighted by molar-refractivity contribution is 0.0601. The van der Waals surface area contributed by atoms with Gasteiger partial charge in [-0.15, -0.1) is 0 Å². The van der Waals surface area contributed by atoms with E-state index < -0.39 is 0 Å². The number of ether oxygens (including phenoxy) is 1. The summed E-state index contributed by atoms with van der Waals surface area (Å²) in [7, 11) is 0. The van der Waals surface area contributed by atoms with Gasteiger partial charge in [0.05, 0.1) is 11.5 Å². The second-order valence-corrected chi connectivity index (χ2v) is 5.68. The Morgan fingerprint density at radius 3 is 2.60 bits per heavy atom. The smallest absolute Gasteiger partial charge is 0.237 e. The van der Waals surface area contributed by atoms with Crippen LogP contribution in [0.4, 0.5) is 0 Å². The van der Waals surface area contributed by atoms with E-state index in [1.165, 1.54) is 12.0 Å². The summed E-state index contributed by atoms with van der Waals surface area (Å²) in [5.41, 5.74) is 1.19. The Kier molecular flexibility index (Phi) is 3.57. The third-order valence-corrected chi connectivity index (χ3v) is 3.96. The number of hydrogen-bond acceptors (Lipinski definition) is 4. The molecule has 0 atom stereocenters. The second-order valence-electron chi connectivity index (χ2n) is 5.68. The van der Waals surface area contributed by atoms with Crippen LogP contribution in [-0.2, 0) is 16.8 Å². The van der Waals surface area contributed by atoms with Gasteiger partial charge in [0, 0.05) is 0 Å². The monoisotopic (exact) mass is 272 g/mol. The summed E-state index contributed by atoms with van der Waals surface area (Å²) in [5.74, 6) is 1.37. The predicted octanol–water partition coefficient (Wildman–Crippen LogP) is 3.46. The zero-order valence-electron chi connectivity index (χ0n) is 12.0. The molecule has 2 aromatic rings. The standard InChI is InChI=1S/C16H20N2O2/c1-12(2)19-11-14-17-15(20-18-14)16(9-6-10-16)13-7-4-3-5-8-13/h3-5,7-8,12H,6,9-11H2,1-2H3. The van der Waals surface area contributed by atoms with E-state index in [1.807, 2.05) is 19.9 Å². The molecule has 0 N–H and O–H groups in total. The van der Waals surface area contributed by atoms with Crippen molar-refractivity contribution in [2.24, 2.45) is 0 Å². The minimum absolute atomic E-state index is 0.0790. The average Bonchev–Trinajstić information content (AvgIpc) is 2.85. The highest BCUT2D eigenvalue weighted by atomic mass is 16.5. The van der Waals surface area contributed by atoms with Crippen molar-refractivity contribution in [3.05, 3.63) is 47.6 Å². The second kappa shape index (κ2) is 5.37. The molecule has 0 aliphatic heterocycles. The summed E-state index contributed by atoms with van der Waals surface area (Å²) in [5, 5.41) is 4.05. The van der Waals surface area contributed by atoms with Crippen molar-refractivity contribution in [1.82, 2.24) is 10.1 Å². The molecular weight excluding hydrogens is 252 g/mol. The van der Waals surface area contributed by atoms with Crippen LogP contribution in [0.15, 0.2) is 34.9 Å². The van der Waals surface area contributed by atoms with Gasteiger partial charge >= 0.3 is 0 Å². The maximum Gasteiger partial charge on any atom is 0.237 e. The fourth-order valence-electron chi connectivity index (χ4n) is 2.66. The molecule has 1 aromatic carbocycles. The summed E-state index contributed by atoms with van der Waals surface area (Å²) in [6, 6.07) is 10.5. The van der Waals surface area contributed by atoms with Gasteiger partial charge in [0.15, 0.2) is 5.82 Å². The first-order chi connectivity index (χ1) is 9.71. The molecule has 0 radical (unpaired) electrons. The van der Waals surface area contributed by atoms with E-state index >= 15 is 0 Å². The minimum Gasteiger partial charge on any atom is -0.371 e. The van der Waals surface area contributed by atoms with Gasteiger partial charge in [0.2, 0.25) is 5.89 Å². The molecule has 1 aromatic heterocycles. The van der Waals surface area contributed by atoms with Crippen molar-refractivity contribution in [2.75, 3.05) is 0 Å². The van der Waals surface area contributed by atoms with Crippen LogP contribution < -0.4 is 0 Å². The fourth-order valence-corrected chi connectivity index (χ4v) is 2.66. The molecule has 1 fully saturated rings. The lowest BCUT2D eigenvalue weighted by Gasteiger charge is -2.38. The van der Waals surface area contributed by atoms with Gasteiger partial charge in [-0.1, -0.05) is 41.9 Å². The third kappa shape index (κ3) is 2.36. The number of aromatic nitrogens is 2. The Hall–Kier alpha value is -1.68. The summed E-state index contributed by atoms with van der Waals surface area (Å²) in [6.07, 6.45) is 3.52. The summed E-state index contributed by atoms with van der Waals surface area (Å²) in [6.45, 7) is 4.41. The molecule has 0 saturated heterocycles. The van der Waals surface area contributed by atoms with Crippen molar-refractivity contribution in [1.29, 1.82) is 0 Å². The van der Waals surface area contributed by atoms with E-state index in [9.17, 15) is 0 Å². The van der Waals surface area contributed by atoms with Crippen LogP contribution in [-0.4, -0.2) is 16.2 Å². The van der Waals surface area contributed by atoms with E-state index in [4.69, 9.17) is 9.26 Å². The fraction of sp³-hybridized carbons (Fsp3) is 0.500. The summed E-state index contributed by atoms with van der Waals surface area (Å²) >= 11 is 0. The highest BCUT2D eigenvalue weighted by Crippen LogP contribution is 2.48. The summed E-state index contributed by atoms with van der Waals surface area (Å²) in [4.78, 5) is 4.55. The highest BCUT2D eigenvalue weighted by molar-refractivity contribution is 5.34. The molecule has 1 heterocycles. The molecule has 106 valence electrons. The number of benzene rings is 1. The SMILES string of the molecule is CC(C)OCc1noc(C2(c3ccccc3)CCC2)n1. The first-order valence-corrected chi connectivity index (χ1v) is 7.21. The molecule has 4 nitrogen and oxygen atoms in total. The topological polar surface area (TPSA) is 48.2 Å². The van der Waals surface area contributed by atoms with Crippen molar-refractivity contribution in [3.8, 4) is 0 Å². The van der Waals surface area contributed by atoms with Crippen LogP contribution in [0.1, 0.15) is 50.4 Å². The molecule has 20 heavy (non-hydrogen) atoms. The van der Waals surface area contributed by atoms with Gasteiger partial charge in [-0.05, 0) is 32.3 Å². The Bertz CT molecular complexity index is 559. The van der Waals surface area contributed by atoms with Crippen LogP contribution in [0.3, 0.4) is 0 Å². The van der Waals surface area contributed by atoms with Gasteiger partial charge in [-0.2, -0.15) is 4.98 Å². The zero-order valence-corrected chi connectivity index (χ0v) is 12.0. The molecule has 0 bridgehead atoms. The van der Waals surface area contributed by atoms with E-state index in [2.05, 4.69) is 34.4 Å². The lowest BCUT2D eigenvalue weighted by atomic mass is 9.64. The highest BCUT2D eigenvalue weighted by Gasteiger charge is 2.45. The Balaban J connectivity index is 1.84. The van der Waals surface area contributed by atoms with E-state index in [0.29, 0.717) is 12.4 Å². The molecule has 0 amide bonds. The van der Waals surface area contributed by atoms with Crippen LogP contribution in [0, 0.1) is 0 Å². The van der Waals surface area contributed by atoms with Crippen molar-refractivity contribution in [3.63, 3.8) is 0 Å². The normalized spacial score (nSPS) is 17.1. The van der Waals surface area contributed by atoms with Crippen LogP contribution in [0.25, 0.3) is 0 Å². The third-order valence-electron chi connectivity index (χ3n) is 3.96. The predicted molar refractivity (Wildman–Crippen MR) is 75.3 cm³/mol. The van der Waals surface area contributed by atoms with E-state index in [0.717, 1.165) is 18.7 Å². The molecule has 3 rings (SSSR count). The number of hydrogen-bond donors (Lipinski definition) is 0. The van der Waals surface area contributed by atoms with Crippen LogP contribution in [0.5, 0.6) is 0 Å². The lowest BCUT2D eigenvalue weighted by Crippen LogP contribution is -2.35. The number of nitrogens with zero attached hydrogens (tertiary/aromatic N) is 2. The Labute approximate surface area is 119 Å². The van der Waals surface area contributed by atoms with Gasteiger partial charge in [-0.3, -0.25) is 0 Å². The minimum atomic E-state index is -0.0790. The van der Waals surface area contributed by atoms with Crippen LogP contribution in [0.2, 0.25) is 0 Å². The molecular formula is C16H20N2O2. The molecule has 0 unspecified atom stereocenters. The van der Waals surface area contributed by atoms with E-state index in [1.54, 1.807) is 0 Å². The van der Waals surface area contributed by atoms with Crippen molar-refractivity contribution < 1.29 is 9.26 Å². The van der Waals surface area contributed by atoms with Crippen LogP contribution >= 0.6 is 0 Å². The zero-order chi connectivity index (χ0) is 14.0. The number of rotatable bonds is 5. The van der Waals surface area contributed by atoms with Gasteiger partial charge in [0.1, 0.15) is 6.61 Å². The first-order valence-electron chi connectivity index (χ1n) is 7.21. The first kappa shape index (κ1) is 13.3. The Morgan fingerprint density at radius 2 is 2.00 bits per heavy atom. The van der Waals surface area contributed by atoms with E-state index in [-0.39, 0.29) is 11.5 Å². The average molecular weight is 272 g/mol. The van der Waals surface area contributed by atoms with Gasteiger partial charge in [-0.25, -0.2) is 0 Å². The summed E-state index contributed by atoms with van der Waals surface area (Å²) < 4.78 is 11.0. The van der Waals surface area contributed by atoms with Gasteiger partial charge in [0.25, 0.3) is 0 Å². The maximum atomic E-state index is 5.53. The quantitative estimate of drug-likeness (QED) is 0.836. The maximum absolute atomic E-state index is 5.53.